The summed E-state index contributed by atoms with van der Waals surface area (Å²) in [5.41, 5.74) is 0.904. The summed E-state index contributed by atoms with van der Waals surface area (Å²) in [4.78, 5) is 30.0. The van der Waals surface area contributed by atoms with Gasteiger partial charge >= 0.3 is 5.97 Å². The van der Waals surface area contributed by atoms with Crippen LogP contribution in [0, 0.1) is 0 Å². The lowest BCUT2D eigenvalue weighted by molar-refractivity contribution is -0.151. The van der Waals surface area contributed by atoms with Crippen LogP contribution in [0.2, 0.25) is 0 Å². The van der Waals surface area contributed by atoms with Gasteiger partial charge in [0.25, 0.3) is 0 Å². The van der Waals surface area contributed by atoms with Crippen molar-refractivity contribution in [2.45, 2.75) is 12.6 Å². The lowest BCUT2D eigenvalue weighted by Crippen LogP contribution is -2.57. The maximum Gasteiger partial charge on any atom is 0.322 e. The molecule has 0 saturated carbocycles. The third-order valence-electron chi connectivity index (χ3n) is 3.05. The third-order valence-corrected chi connectivity index (χ3v) is 3.05. The molecule has 6 heteroatoms. The maximum absolute atomic E-state index is 11.6. The van der Waals surface area contributed by atoms with Crippen LogP contribution in [0.15, 0.2) is 24.5 Å². The van der Waals surface area contributed by atoms with Crippen LogP contribution in [0.3, 0.4) is 0 Å². The third kappa shape index (κ3) is 2.65. The molecule has 1 amide bonds. The Labute approximate surface area is 105 Å². The number of rotatable bonds is 3. The highest BCUT2D eigenvalue weighted by molar-refractivity contribution is 5.83. The van der Waals surface area contributed by atoms with Gasteiger partial charge < -0.3 is 10.0 Å². The molecule has 1 aliphatic heterocycles. The molecule has 1 aliphatic rings. The van der Waals surface area contributed by atoms with Gasteiger partial charge in [-0.2, -0.15) is 0 Å². The van der Waals surface area contributed by atoms with Crippen LogP contribution in [0.5, 0.6) is 0 Å². The standard InChI is InChI=1S/C12H15N3O3/c1-14-7-10(12(17)18)15(8-11(14)16)6-9-3-2-4-13-5-9/h2-5,10H,6-8H2,1H3,(H,17,18). The van der Waals surface area contributed by atoms with E-state index in [9.17, 15) is 14.7 Å². The minimum absolute atomic E-state index is 0.0589. The van der Waals surface area contributed by atoms with E-state index >= 15 is 0 Å². The van der Waals surface area contributed by atoms with Gasteiger partial charge in [-0.05, 0) is 11.6 Å². The van der Waals surface area contributed by atoms with Crippen LogP contribution in [0.25, 0.3) is 0 Å². The van der Waals surface area contributed by atoms with Crippen LogP contribution in [0.4, 0.5) is 0 Å². The van der Waals surface area contributed by atoms with Gasteiger partial charge in [0, 0.05) is 32.5 Å². The summed E-state index contributed by atoms with van der Waals surface area (Å²) in [6.07, 6.45) is 3.34. The second-order valence-electron chi connectivity index (χ2n) is 4.39. The number of carboxylic acids is 1. The van der Waals surface area contributed by atoms with Crippen molar-refractivity contribution in [1.29, 1.82) is 0 Å². The Hall–Kier alpha value is -1.95. The fourth-order valence-corrected chi connectivity index (χ4v) is 2.01. The predicted molar refractivity (Wildman–Crippen MR) is 63.7 cm³/mol. The summed E-state index contributed by atoms with van der Waals surface area (Å²) in [6, 6.07) is 3.01. The highest BCUT2D eigenvalue weighted by Crippen LogP contribution is 2.13. The molecule has 1 atom stereocenters. The molecule has 1 saturated heterocycles. The fourth-order valence-electron chi connectivity index (χ4n) is 2.01. The van der Waals surface area contributed by atoms with E-state index in [2.05, 4.69) is 4.98 Å². The van der Waals surface area contributed by atoms with Gasteiger partial charge in [0.2, 0.25) is 5.91 Å². The molecule has 1 N–H and O–H groups in total. The average Bonchev–Trinajstić information content (AvgIpc) is 2.34. The van der Waals surface area contributed by atoms with Crippen molar-refractivity contribution in [2.75, 3.05) is 20.1 Å². The van der Waals surface area contributed by atoms with E-state index in [1.54, 1.807) is 30.4 Å². The monoisotopic (exact) mass is 249 g/mol. The highest BCUT2D eigenvalue weighted by Gasteiger charge is 2.34. The molecule has 18 heavy (non-hydrogen) atoms. The van der Waals surface area contributed by atoms with E-state index in [-0.39, 0.29) is 19.0 Å². The van der Waals surface area contributed by atoms with Crippen molar-refractivity contribution in [3.05, 3.63) is 30.1 Å². The van der Waals surface area contributed by atoms with Gasteiger partial charge in [-0.3, -0.25) is 19.5 Å². The fraction of sp³-hybridized carbons (Fsp3) is 0.417. The van der Waals surface area contributed by atoms with E-state index in [1.165, 1.54) is 4.90 Å². The molecule has 6 nitrogen and oxygen atoms in total. The lowest BCUT2D eigenvalue weighted by atomic mass is 10.1. The Balaban J connectivity index is 2.13. The van der Waals surface area contributed by atoms with Gasteiger partial charge in [0.05, 0.1) is 6.54 Å². The molecule has 2 heterocycles. The summed E-state index contributed by atoms with van der Waals surface area (Å²) in [7, 11) is 1.62. The SMILES string of the molecule is CN1CC(C(=O)O)N(Cc2cccnc2)CC1=O. The molecule has 0 aliphatic carbocycles. The van der Waals surface area contributed by atoms with Gasteiger partial charge in [0.15, 0.2) is 0 Å². The number of carbonyl (C=O) groups is 2. The van der Waals surface area contributed by atoms with Crippen molar-refractivity contribution >= 4 is 11.9 Å². The van der Waals surface area contributed by atoms with Crippen LogP contribution >= 0.6 is 0 Å². The summed E-state index contributed by atoms with van der Waals surface area (Å²) < 4.78 is 0. The Morgan fingerprint density at radius 1 is 1.61 bits per heavy atom. The minimum Gasteiger partial charge on any atom is -0.480 e. The minimum atomic E-state index is -0.904. The van der Waals surface area contributed by atoms with E-state index in [0.717, 1.165) is 5.56 Å². The molecule has 0 bridgehead atoms. The zero-order valence-electron chi connectivity index (χ0n) is 10.1. The van der Waals surface area contributed by atoms with Crippen LogP contribution in [-0.2, 0) is 16.1 Å². The first-order valence-electron chi connectivity index (χ1n) is 5.67. The lowest BCUT2D eigenvalue weighted by Gasteiger charge is -2.37. The van der Waals surface area contributed by atoms with Crippen molar-refractivity contribution in [3.8, 4) is 0 Å². The summed E-state index contributed by atoms with van der Waals surface area (Å²) in [5, 5.41) is 9.20. The number of carbonyl (C=O) groups excluding carboxylic acids is 1. The first-order chi connectivity index (χ1) is 8.58. The topological polar surface area (TPSA) is 73.7 Å². The first-order valence-corrected chi connectivity index (χ1v) is 5.67. The molecule has 2 rings (SSSR count). The van der Waals surface area contributed by atoms with Gasteiger partial charge in [-0.15, -0.1) is 0 Å². The van der Waals surface area contributed by atoms with Crippen molar-refractivity contribution in [1.82, 2.24) is 14.8 Å². The van der Waals surface area contributed by atoms with Crippen LogP contribution < -0.4 is 0 Å². The largest absolute Gasteiger partial charge is 0.480 e. The molecule has 1 aromatic rings. The number of hydrogen-bond donors (Lipinski definition) is 1. The molecule has 0 radical (unpaired) electrons. The second-order valence-corrected chi connectivity index (χ2v) is 4.39. The van der Waals surface area contributed by atoms with Crippen molar-refractivity contribution < 1.29 is 14.7 Å². The molecular weight excluding hydrogens is 234 g/mol. The number of likely N-dealkylation sites (N-methyl/N-ethyl adjacent to an activating group) is 1. The van der Waals surface area contributed by atoms with Gasteiger partial charge in [-0.1, -0.05) is 6.07 Å². The molecule has 0 spiro atoms. The summed E-state index contributed by atoms with van der Waals surface area (Å²) in [5.74, 6) is -0.963. The highest BCUT2D eigenvalue weighted by atomic mass is 16.4. The van der Waals surface area contributed by atoms with E-state index < -0.39 is 12.0 Å². The molecule has 1 aromatic heterocycles. The second kappa shape index (κ2) is 5.14. The Bertz CT molecular complexity index is 449. The molecular formula is C12H15N3O3. The molecule has 96 valence electrons. The van der Waals surface area contributed by atoms with Crippen LogP contribution in [0.1, 0.15) is 5.56 Å². The summed E-state index contributed by atoms with van der Waals surface area (Å²) >= 11 is 0. The van der Waals surface area contributed by atoms with Crippen LogP contribution in [-0.4, -0.2) is 57.9 Å². The maximum atomic E-state index is 11.6. The summed E-state index contributed by atoms with van der Waals surface area (Å²) in [6.45, 7) is 0.765. The number of hydrogen-bond acceptors (Lipinski definition) is 4. The molecule has 1 fully saturated rings. The quantitative estimate of drug-likeness (QED) is 0.803. The number of piperazine rings is 1. The molecule has 0 aromatic carbocycles. The van der Waals surface area contributed by atoms with Gasteiger partial charge in [0.1, 0.15) is 6.04 Å². The number of aromatic nitrogens is 1. The van der Waals surface area contributed by atoms with E-state index in [1.807, 2.05) is 6.07 Å². The van der Waals surface area contributed by atoms with Crippen molar-refractivity contribution in [3.63, 3.8) is 0 Å². The molecule has 1 unspecified atom stereocenters. The zero-order valence-corrected chi connectivity index (χ0v) is 10.1. The number of nitrogens with zero attached hydrogens (tertiary/aromatic N) is 3. The first kappa shape index (κ1) is 12.5. The predicted octanol–water partition coefficient (Wildman–Crippen LogP) is -0.191. The Morgan fingerprint density at radius 3 is 3.00 bits per heavy atom. The Morgan fingerprint density at radius 2 is 2.39 bits per heavy atom. The average molecular weight is 249 g/mol. The number of amides is 1. The number of carboxylic acid groups (broad SMARTS) is 1. The smallest absolute Gasteiger partial charge is 0.322 e. The normalized spacial score (nSPS) is 21.1. The van der Waals surface area contributed by atoms with Gasteiger partial charge in [-0.25, -0.2) is 0 Å². The number of pyridine rings is 1. The number of aliphatic carboxylic acids is 1. The van der Waals surface area contributed by atoms with E-state index in [4.69, 9.17) is 0 Å². The van der Waals surface area contributed by atoms with Crippen molar-refractivity contribution in [2.24, 2.45) is 0 Å². The Kier molecular flexibility index (Phi) is 3.57. The van der Waals surface area contributed by atoms with E-state index in [0.29, 0.717) is 6.54 Å². The zero-order chi connectivity index (χ0) is 13.1.